The predicted molar refractivity (Wildman–Crippen MR) is 81.5 cm³/mol. The molecule has 19 heavy (non-hydrogen) atoms. The highest BCUT2D eigenvalue weighted by atomic mass is 32.2. The van der Waals surface area contributed by atoms with Crippen molar-refractivity contribution in [3.05, 3.63) is 23.8 Å². The topological polar surface area (TPSA) is 69.2 Å². The Morgan fingerprint density at radius 2 is 2.11 bits per heavy atom. The molecule has 0 unspecified atom stereocenters. The van der Waals surface area contributed by atoms with E-state index in [0.717, 1.165) is 5.56 Å². The normalized spacial score (nSPS) is 12.2. The molecule has 0 heterocycles. The zero-order valence-corrected chi connectivity index (χ0v) is 12.4. The molecule has 2 N–H and O–H groups in total. The zero-order valence-electron chi connectivity index (χ0n) is 11.6. The van der Waals surface area contributed by atoms with Gasteiger partial charge < -0.3 is 15.2 Å². The number of nitrogens with two attached hydrogens (primary N) is 1. The van der Waals surface area contributed by atoms with E-state index in [9.17, 15) is 0 Å². The zero-order chi connectivity index (χ0) is 14.3. The summed E-state index contributed by atoms with van der Waals surface area (Å²) in [6, 6.07) is 5.57. The van der Waals surface area contributed by atoms with Crippen molar-refractivity contribution in [2.24, 2.45) is 15.9 Å². The summed E-state index contributed by atoms with van der Waals surface area (Å²) in [6.07, 6.45) is 3.56. The van der Waals surface area contributed by atoms with Gasteiger partial charge in [-0.1, -0.05) is 11.8 Å². The van der Waals surface area contributed by atoms with Gasteiger partial charge in [-0.25, -0.2) is 0 Å². The molecule has 0 aliphatic rings. The van der Waals surface area contributed by atoms with Crippen molar-refractivity contribution in [2.75, 3.05) is 13.4 Å². The molecule has 1 aromatic rings. The molecule has 5 nitrogen and oxygen atoms in total. The number of ether oxygens (including phenoxy) is 2. The summed E-state index contributed by atoms with van der Waals surface area (Å²) in [5.74, 6) is 1.38. The first-order valence-electron chi connectivity index (χ1n) is 5.82. The fourth-order valence-corrected chi connectivity index (χ4v) is 1.44. The van der Waals surface area contributed by atoms with Crippen LogP contribution in [0.25, 0.3) is 0 Å². The quantitative estimate of drug-likeness (QED) is 0.511. The van der Waals surface area contributed by atoms with Crippen LogP contribution in [0.3, 0.4) is 0 Å². The highest BCUT2D eigenvalue weighted by Gasteiger charge is 2.06. The van der Waals surface area contributed by atoms with Crippen LogP contribution in [0.2, 0.25) is 0 Å². The largest absolute Gasteiger partial charge is 0.493 e. The number of hydrogen-bond acceptors (Lipinski definition) is 5. The van der Waals surface area contributed by atoms with Gasteiger partial charge in [-0.05, 0) is 43.9 Å². The fourth-order valence-electron chi connectivity index (χ4n) is 1.31. The van der Waals surface area contributed by atoms with E-state index in [0.29, 0.717) is 16.7 Å². The minimum absolute atomic E-state index is 0.0967. The molecule has 0 fully saturated rings. The van der Waals surface area contributed by atoms with Crippen LogP contribution in [-0.2, 0) is 0 Å². The number of thioether (sulfide) groups is 1. The predicted octanol–water partition coefficient (Wildman–Crippen LogP) is 2.49. The summed E-state index contributed by atoms with van der Waals surface area (Å²) < 4.78 is 10.9. The van der Waals surface area contributed by atoms with Crippen molar-refractivity contribution in [1.82, 2.24) is 0 Å². The molecule has 0 spiro atoms. The molecule has 0 radical (unpaired) electrons. The second-order valence-electron chi connectivity index (χ2n) is 3.96. The molecule has 0 amide bonds. The van der Waals surface area contributed by atoms with Crippen LogP contribution < -0.4 is 15.2 Å². The Balaban J connectivity index is 2.88. The van der Waals surface area contributed by atoms with Crippen molar-refractivity contribution < 1.29 is 9.47 Å². The third-order valence-corrected chi connectivity index (χ3v) is 2.62. The molecule has 0 aromatic heterocycles. The van der Waals surface area contributed by atoms with E-state index in [-0.39, 0.29) is 6.10 Å². The van der Waals surface area contributed by atoms with Crippen LogP contribution in [0.1, 0.15) is 19.4 Å². The molecular formula is C13H19N3O2S. The Kier molecular flexibility index (Phi) is 6.21. The van der Waals surface area contributed by atoms with E-state index in [4.69, 9.17) is 15.2 Å². The molecule has 104 valence electrons. The van der Waals surface area contributed by atoms with Gasteiger partial charge in [0.25, 0.3) is 0 Å². The Morgan fingerprint density at radius 1 is 1.37 bits per heavy atom. The van der Waals surface area contributed by atoms with Crippen molar-refractivity contribution in [3.8, 4) is 11.5 Å². The minimum Gasteiger partial charge on any atom is -0.493 e. The maximum absolute atomic E-state index is 5.63. The summed E-state index contributed by atoms with van der Waals surface area (Å²) in [7, 11) is 1.60. The number of rotatable bonds is 5. The Hall–Kier alpha value is -1.69. The summed E-state index contributed by atoms with van der Waals surface area (Å²) in [5.41, 5.74) is 6.39. The molecule has 1 rings (SSSR count). The van der Waals surface area contributed by atoms with Gasteiger partial charge in [0.1, 0.15) is 0 Å². The van der Waals surface area contributed by atoms with Gasteiger partial charge in [0.15, 0.2) is 16.7 Å². The first-order valence-corrected chi connectivity index (χ1v) is 7.04. The molecule has 0 bridgehead atoms. The second kappa shape index (κ2) is 7.68. The summed E-state index contributed by atoms with van der Waals surface area (Å²) >= 11 is 1.35. The van der Waals surface area contributed by atoms with Crippen molar-refractivity contribution >= 4 is 23.1 Å². The third kappa shape index (κ3) is 5.21. The van der Waals surface area contributed by atoms with Crippen molar-refractivity contribution in [1.29, 1.82) is 0 Å². The van der Waals surface area contributed by atoms with E-state index in [1.54, 1.807) is 13.3 Å². The van der Waals surface area contributed by atoms with Crippen molar-refractivity contribution in [3.63, 3.8) is 0 Å². The van der Waals surface area contributed by atoms with Gasteiger partial charge in [0.2, 0.25) is 0 Å². The van der Waals surface area contributed by atoms with Gasteiger partial charge >= 0.3 is 0 Å². The fraction of sp³-hybridized carbons (Fsp3) is 0.385. The van der Waals surface area contributed by atoms with E-state index in [1.165, 1.54) is 11.8 Å². The monoisotopic (exact) mass is 281 g/mol. The summed E-state index contributed by atoms with van der Waals surface area (Å²) in [4.78, 5) is 0. The van der Waals surface area contributed by atoms with Gasteiger partial charge in [-0.15, -0.1) is 5.10 Å². The molecule has 0 aliphatic carbocycles. The van der Waals surface area contributed by atoms with Crippen LogP contribution in [0, 0.1) is 0 Å². The average molecular weight is 281 g/mol. The first-order chi connectivity index (χ1) is 9.06. The lowest BCUT2D eigenvalue weighted by Crippen LogP contribution is -2.06. The molecular weight excluding hydrogens is 262 g/mol. The van der Waals surface area contributed by atoms with Gasteiger partial charge in [-0.3, -0.25) is 0 Å². The van der Waals surface area contributed by atoms with Gasteiger partial charge in [0, 0.05) is 0 Å². The number of benzene rings is 1. The molecule has 0 aliphatic heterocycles. The van der Waals surface area contributed by atoms with E-state index in [2.05, 4.69) is 10.2 Å². The number of hydrogen-bond donors (Lipinski definition) is 1. The van der Waals surface area contributed by atoms with Gasteiger partial charge in [0.05, 0.1) is 19.4 Å². The summed E-state index contributed by atoms with van der Waals surface area (Å²) in [6.45, 7) is 3.93. The lowest BCUT2D eigenvalue weighted by molar-refractivity contribution is 0.230. The highest BCUT2D eigenvalue weighted by Crippen LogP contribution is 2.28. The lowest BCUT2D eigenvalue weighted by Gasteiger charge is -2.13. The SMILES string of the molecule is COc1cc(/C=N\N=C(/N)SC)ccc1OC(C)C. The van der Waals surface area contributed by atoms with Crippen LogP contribution in [0.5, 0.6) is 11.5 Å². The standard InChI is InChI=1S/C13H19N3O2S/c1-9(2)18-11-6-5-10(7-12(11)17-3)8-15-16-13(14)19-4/h5-9H,1-4H3,(H2,14,16)/b15-8-. The van der Waals surface area contributed by atoms with E-state index >= 15 is 0 Å². The highest BCUT2D eigenvalue weighted by molar-refractivity contribution is 8.13. The van der Waals surface area contributed by atoms with Crippen LogP contribution in [0.4, 0.5) is 0 Å². The molecule has 0 saturated carbocycles. The Bertz CT molecular complexity index is 473. The maximum atomic E-state index is 5.63. The smallest absolute Gasteiger partial charge is 0.180 e. The van der Waals surface area contributed by atoms with E-state index < -0.39 is 0 Å². The Labute approximate surface area is 117 Å². The molecule has 6 heteroatoms. The Morgan fingerprint density at radius 3 is 2.68 bits per heavy atom. The molecule has 1 aromatic carbocycles. The van der Waals surface area contributed by atoms with Crippen LogP contribution in [-0.4, -0.2) is 30.9 Å². The maximum Gasteiger partial charge on any atom is 0.180 e. The average Bonchev–Trinajstić information content (AvgIpc) is 2.39. The van der Waals surface area contributed by atoms with Crippen LogP contribution in [0.15, 0.2) is 28.4 Å². The number of amidine groups is 1. The minimum atomic E-state index is 0.0967. The first kappa shape index (κ1) is 15.4. The molecule has 0 saturated heterocycles. The van der Waals surface area contributed by atoms with Crippen LogP contribution >= 0.6 is 11.8 Å². The van der Waals surface area contributed by atoms with E-state index in [1.807, 2.05) is 38.3 Å². The van der Waals surface area contributed by atoms with Gasteiger partial charge in [-0.2, -0.15) is 5.10 Å². The summed E-state index contributed by atoms with van der Waals surface area (Å²) in [5, 5.41) is 8.14. The lowest BCUT2D eigenvalue weighted by atomic mass is 10.2. The third-order valence-electron chi connectivity index (χ3n) is 2.12. The van der Waals surface area contributed by atoms with Crippen molar-refractivity contribution in [2.45, 2.75) is 20.0 Å². The second-order valence-corrected chi connectivity index (χ2v) is 4.79. The molecule has 0 atom stereocenters. The number of nitrogens with zero attached hydrogens (tertiary/aromatic N) is 2. The number of methoxy groups -OCH3 is 1.